The molecule has 0 amide bonds. The molecule has 0 saturated carbocycles. The first-order chi connectivity index (χ1) is 10.8. The molecule has 2 atom stereocenters. The van der Waals surface area contributed by atoms with Crippen LogP contribution in [0.4, 0.5) is 0 Å². The quantitative estimate of drug-likeness (QED) is 0.778. The summed E-state index contributed by atoms with van der Waals surface area (Å²) in [7, 11) is 3.61. The third-order valence-corrected chi connectivity index (χ3v) is 5.44. The molecule has 2 aliphatic heterocycles. The van der Waals surface area contributed by atoms with Crippen LogP contribution in [-0.4, -0.2) is 37.1 Å². The van der Waals surface area contributed by atoms with Gasteiger partial charge in [0, 0.05) is 12.1 Å². The fraction of sp³-hybridized carbons (Fsp3) is 0.550. The summed E-state index contributed by atoms with van der Waals surface area (Å²) in [4.78, 5) is 14.7. The van der Waals surface area contributed by atoms with Crippen molar-refractivity contribution in [3.05, 3.63) is 41.0 Å². The summed E-state index contributed by atoms with van der Waals surface area (Å²) < 4.78 is 5.09. The van der Waals surface area contributed by atoms with Gasteiger partial charge >= 0.3 is 5.97 Å². The average molecular weight is 313 g/mol. The number of benzene rings is 1. The van der Waals surface area contributed by atoms with Gasteiger partial charge in [-0.1, -0.05) is 45.0 Å². The third kappa shape index (κ3) is 2.83. The van der Waals surface area contributed by atoms with Crippen LogP contribution in [-0.2, 0) is 14.9 Å². The van der Waals surface area contributed by atoms with E-state index in [0.717, 1.165) is 24.8 Å². The molecule has 2 bridgehead atoms. The molecule has 124 valence electrons. The molecule has 3 heteroatoms. The minimum absolute atomic E-state index is 0.143. The van der Waals surface area contributed by atoms with E-state index in [2.05, 4.69) is 57.0 Å². The molecule has 0 radical (unpaired) electrons. The van der Waals surface area contributed by atoms with Crippen molar-refractivity contribution in [3.8, 4) is 0 Å². The van der Waals surface area contributed by atoms with Crippen LogP contribution in [0, 0.1) is 0 Å². The largest absolute Gasteiger partial charge is 0.466 e. The van der Waals surface area contributed by atoms with Gasteiger partial charge in [-0.3, -0.25) is 4.90 Å². The van der Waals surface area contributed by atoms with Crippen LogP contribution in [0.25, 0.3) is 5.57 Å². The zero-order chi connectivity index (χ0) is 16.8. The molecule has 1 fully saturated rings. The Kier molecular flexibility index (Phi) is 4.09. The molecule has 23 heavy (non-hydrogen) atoms. The van der Waals surface area contributed by atoms with Crippen LogP contribution in [0.15, 0.2) is 29.8 Å². The average Bonchev–Trinajstić information content (AvgIpc) is 2.75. The molecule has 1 aromatic carbocycles. The molecule has 1 saturated heterocycles. The van der Waals surface area contributed by atoms with Gasteiger partial charge in [0.25, 0.3) is 0 Å². The Hall–Kier alpha value is -1.61. The van der Waals surface area contributed by atoms with Crippen molar-refractivity contribution < 1.29 is 9.53 Å². The third-order valence-electron chi connectivity index (χ3n) is 5.44. The van der Waals surface area contributed by atoms with Crippen LogP contribution >= 0.6 is 0 Å². The number of ether oxygens (including phenoxy) is 1. The molecule has 2 heterocycles. The molecule has 1 aromatic rings. The number of carbonyl (C=O) groups is 1. The Bertz CT molecular complexity index is 637. The molecule has 0 spiro atoms. The molecule has 3 rings (SSSR count). The highest BCUT2D eigenvalue weighted by Gasteiger charge is 2.42. The van der Waals surface area contributed by atoms with E-state index in [1.54, 1.807) is 0 Å². The summed E-state index contributed by atoms with van der Waals surface area (Å²) in [5, 5.41) is 0. The van der Waals surface area contributed by atoms with Crippen molar-refractivity contribution in [1.29, 1.82) is 0 Å². The van der Waals surface area contributed by atoms with Gasteiger partial charge < -0.3 is 4.74 Å². The van der Waals surface area contributed by atoms with Crippen LogP contribution in [0.1, 0.15) is 51.2 Å². The van der Waals surface area contributed by atoms with Gasteiger partial charge in [-0.05, 0) is 48.4 Å². The second-order valence-corrected chi connectivity index (χ2v) is 7.83. The monoisotopic (exact) mass is 313 g/mol. The maximum atomic E-state index is 12.4. The molecular weight excluding hydrogens is 286 g/mol. The van der Waals surface area contributed by atoms with Crippen LogP contribution in [0.2, 0.25) is 0 Å². The molecule has 0 aromatic heterocycles. The van der Waals surface area contributed by atoms with E-state index < -0.39 is 0 Å². The minimum Gasteiger partial charge on any atom is -0.466 e. The van der Waals surface area contributed by atoms with Crippen LogP contribution in [0.5, 0.6) is 0 Å². The number of likely N-dealkylation sites (N-methyl/N-ethyl adjacent to an activating group) is 1. The first kappa shape index (κ1) is 16.3. The molecule has 0 aliphatic carbocycles. The predicted molar refractivity (Wildman–Crippen MR) is 93.3 cm³/mol. The Morgan fingerprint density at radius 2 is 1.83 bits per heavy atom. The van der Waals surface area contributed by atoms with E-state index in [9.17, 15) is 4.79 Å². The highest BCUT2D eigenvalue weighted by atomic mass is 16.5. The molecular formula is C20H27NO2. The number of fused-ring (bicyclic) bond motifs is 2. The van der Waals surface area contributed by atoms with Gasteiger partial charge in [0.15, 0.2) is 0 Å². The summed E-state index contributed by atoms with van der Waals surface area (Å²) in [5.41, 5.74) is 4.68. The van der Waals surface area contributed by atoms with Crippen LogP contribution < -0.4 is 0 Å². The van der Waals surface area contributed by atoms with Gasteiger partial charge in [-0.2, -0.15) is 0 Å². The first-order valence-electron chi connectivity index (χ1n) is 8.47. The second-order valence-electron chi connectivity index (χ2n) is 7.83. The van der Waals surface area contributed by atoms with Crippen molar-refractivity contribution in [1.82, 2.24) is 4.90 Å². The van der Waals surface area contributed by atoms with Gasteiger partial charge in [0.05, 0.1) is 12.7 Å². The van der Waals surface area contributed by atoms with E-state index >= 15 is 0 Å². The first-order valence-corrected chi connectivity index (χ1v) is 8.47. The van der Waals surface area contributed by atoms with E-state index in [0.29, 0.717) is 6.04 Å². The molecule has 0 N–H and O–H groups in total. The zero-order valence-corrected chi connectivity index (χ0v) is 14.8. The lowest BCUT2D eigenvalue weighted by Crippen LogP contribution is -2.40. The second kappa shape index (κ2) is 5.79. The van der Waals surface area contributed by atoms with E-state index in [-0.39, 0.29) is 17.4 Å². The van der Waals surface area contributed by atoms with Crippen molar-refractivity contribution >= 4 is 11.5 Å². The Morgan fingerprint density at radius 1 is 1.17 bits per heavy atom. The number of hydrogen-bond acceptors (Lipinski definition) is 3. The Morgan fingerprint density at radius 3 is 2.39 bits per heavy atom. The number of esters is 1. The van der Waals surface area contributed by atoms with Crippen molar-refractivity contribution in [2.45, 2.75) is 57.5 Å². The van der Waals surface area contributed by atoms with E-state index in [4.69, 9.17) is 4.74 Å². The summed E-state index contributed by atoms with van der Waals surface area (Å²) in [6.45, 7) is 6.66. The smallest absolute Gasteiger partial charge is 0.335 e. The summed E-state index contributed by atoms with van der Waals surface area (Å²) in [6.07, 6.45) is 3.15. The zero-order valence-electron chi connectivity index (χ0n) is 14.8. The van der Waals surface area contributed by atoms with Crippen molar-refractivity contribution in [2.24, 2.45) is 0 Å². The maximum Gasteiger partial charge on any atom is 0.335 e. The number of hydrogen-bond donors (Lipinski definition) is 0. The SMILES string of the molecule is COC(=O)C1=C(c2ccc(C(C)(C)C)cc2)C[C@H]2CCC1N2C. The highest BCUT2D eigenvalue weighted by Crippen LogP contribution is 2.42. The number of carbonyl (C=O) groups excluding carboxylic acids is 1. The van der Waals surface area contributed by atoms with E-state index in [1.807, 2.05) is 0 Å². The standard InChI is InChI=1S/C20H27NO2/c1-20(2,3)14-8-6-13(7-9-14)16-12-15-10-11-17(21(15)4)18(16)19(22)23-5/h6-9,15,17H,10-12H2,1-5H3/t15-,17?/m1/s1. The lowest BCUT2D eigenvalue weighted by molar-refractivity contribution is -0.136. The highest BCUT2D eigenvalue weighted by molar-refractivity contribution is 5.99. The normalized spacial score (nSPS) is 24.9. The van der Waals surface area contributed by atoms with Crippen molar-refractivity contribution in [2.75, 3.05) is 14.2 Å². The molecule has 2 aliphatic rings. The van der Waals surface area contributed by atoms with Gasteiger partial charge in [0.1, 0.15) is 0 Å². The lowest BCUT2D eigenvalue weighted by atomic mass is 9.84. The van der Waals surface area contributed by atoms with Gasteiger partial charge in [-0.25, -0.2) is 4.79 Å². The molecule has 3 nitrogen and oxygen atoms in total. The van der Waals surface area contributed by atoms with Crippen LogP contribution in [0.3, 0.4) is 0 Å². The van der Waals surface area contributed by atoms with E-state index in [1.165, 1.54) is 23.8 Å². The number of rotatable bonds is 2. The summed E-state index contributed by atoms with van der Waals surface area (Å²) in [5.74, 6) is -0.169. The fourth-order valence-corrected chi connectivity index (χ4v) is 3.97. The van der Waals surface area contributed by atoms with Gasteiger partial charge in [-0.15, -0.1) is 0 Å². The fourth-order valence-electron chi connectivity index (χ4n) is 3.97. The topological polar surface area (TPSA) is 29.5 Å². The Balaban J connectivity index is 2.04. The number of methoxy groups -OCH3 is 1. The Labute approximate surface area is 139 Å². The summed E-state index contributed by atoms with van der Waals surface area (Å²) in [6, 6.07) is 9.48. The predicted octanol–water partition coefficient (Wildman–Crippen LogP) is 3.78. The van der Waals surface area contributed by atoms with Crippen molar-refractivity contribution in [3.63, 3.8) is 0 Å². The molecule has 1 unspecified atom stereocenters. The lowest BCUT2D eigenvalue weighted by Gasteiger charge is -2.34. The number of nitrogens with zero attached hydrogens (tertiary/aromatic N) is 1. The minimum atomic E-state index is -0.169. The van der Waals surface area contributed by atoms with Gasteiger partial charge in [0.2, 0.25) is 0 Å². The maximum absolute atomic E-state index is 12.4. The summed E-state index contributed by atoms with van der Waals surface area (Å²) >= 11 is 0.